The number of aromatic nitrogens is 3. The number of carbonyl (C=O) groups excluding carboxylic acids is 2. The van der Waals surface area contributed by atoms with E-state index in [1.54, 1.807) is 26.4 Å². The van der Waals surface area contributed by atoms with Crippen molar-refractivity contribution in [2.24, 2.45) is 0 Å². The number of ketones is 2. The Labute approximate surface area is 150 Å². The van der Waals surface area contributed by atoms with Gasteiger partial charge in [0.15, 0.2) is 11.6 Å². The quantitative estimate of drug-likeness (QED) is 0.512. The van der Waals surface area contributed by atoms with Gasteiger partial charge in [0, 0.05) is 58.4 Å². The lowest BCUT2D eigenvalue weighted by molar-refractivity contribution is 0.100. The normalized spacial score (nSPS) is 11.3. The Hall–Kier alpha value is -3.21. The van der Waals surface area contributed by atoms with Crippen molar-refractivity contribution in [3.63, 3.8) is 0 Å². The largest absolute Gasteiger partial charge is 0.339 e. The molecule has 2 aromatic carbocycles. The second kappa shape index (κ2) is 6.26. The smallest absolute Gasteiger partial charge is 0.159 e. The predicted molar refractivity (Wildman–Crippen MR) is 102 cm³/mol. The Morgan fingerprint density at radius 3 is 1.92 bits per heavy atom. The minimum atomic E-state index is 0.0361. The summed E-state index contributed by atoms with van der Waals surface area (Å²) in [7, 11) is 0. The summed E-state index contributed by atoms with van der Waals surface area (Å²) in [6.07, 6.45) is 5.51. The molecular weight excluding hydrogens is 326 g/mol. The lowest BCUT2D eigenvalue weighted by Gasteiger charge is -2.08. The van der Waals surface area contributed by atoms with Crippen molar-refractivity contribution in [2.45, 2.75) is 26.9 Å². The minimum absolute atomic E-state index is 0.0361. The maximum absolute atomic E-state index is 11.8. The van der Waals surface area contributed by atoms with Crippen LogP contribution < -0.4 is 0 Å². The maximum Gasteiger partial charge on any atom is 0.159 e. The van der Waals surface area contributed by atoms with Gasteiger partial charge in [-0.15, -0.1) is 0 Å². The van der Waals surface area contributed by atoms with Crippen molar-refractivity contribution in [1.82, 2.24) is 14.1 Å². The van der Waals surface area contributed by atoms with Gasteiger partial charge in [0.2, 0.25) is 0 Å². The average molecular weight is 345 g/mol. The highest BCUT2D eigenvalue weighted by Crippen LogP contribution is 2.31. The molecule has 4 aromatic rings. The summed E-state index contributed by atoms with van der Waals surface area (Å²) in [5.41, 5.74) is 3.48. The van der Waals surface area contributed by atoms with E-state index in [0.717, 1.165) is 34.9 Å². The highest BCUT2D eigenvalue weighted by molar-refractivity contribution is 6.12. The first-order valence-corrected chi connectivity index (χ1v) is 8.58. The molecule has 5 nitrogen and oxygen atoms in total. The summed E-state index contributed by atoms with van der Waals surface area (Å²) in [4.78, 5) is 27.7. The average Bonchev–Trinajstić information content (AvgIpc) is 3.25. The number of nitrogens with zero attached hydrogens (tertiary/aromatic N) is 3. The number of hydrogen-bond acceptors (Lipinski definition) is 3. The van der Waals surface area contributed by atoms with E-state index in [-0.39, 0.29) is 11.6 Å². The Bertz CT molecular complexity index is 1070. The van der Waals surface area contributed by atoms with Gasteiger partial charge in [-0.05, 0) is 50.2 Å². The molecule has 0 fully saturated rings. The molecule has 2 heterocycles. The van der Waals surface area contributed by atoms with E-state index in [2.05, 4.69) is 9.55 Å². The van der Waals surface area contributed by atoms with Crippen molar-refractivity contribution in [3.05, 3.63) is 66.2 Å². The highest BCUT2D eigenvalue weighted by Gasteiger charge is 2.14. The minimum Gasteiger partial charge on any atom is -0.339 e. The third kappa shape index (κ3) is 2.71. The van der Waals surface area contributed by atoms with Crippen LogP contribution in [-0.4, -0.2) is 25.7 Å². The van der Waals surface area contributed by atoms with E-state index < -0.39 is 0 Å². The van der Waals surface area contributed by atoms with Crippen LogP contribution in [0.1, 0.15) is 34.6 Å². The molecule has 0 atom stereocenters. The molecule has 0 radical (unpaired) electrons. The van der Waals surface area contributed by atoms with Crippen molar-refractivity contribution >= 4 is 33.4 Å². The van der Waals surface area contributed by atoms with E-state index in [1.165, 1.54) is 0 Å². The van der Waals surface area contributed by atoms with Crippen LogP contribution in [0.15, 0.2) is 55.1 Å². The zero-order chi connectivity index (χ0) is 18.3. The SMILES string of the molecule is CC(=O)c1ccc2c(c1)c1cc(C(C)=O)ccc1n2CCn1ccnc1. The van der Waals surface area contributed by atoms with Gasteiger partial charge >= 0.3 is 0 Å². The molecule has 0 saturated carbocycles. The lowest BCUT2D eigenvalue weighted by atomic mass is 10.0. The Morgan fingerprint density at radius 2 is 1.46 bits per heavy atom. The topological polar surface area (TPSA) is 56.9 Å². The molecule has 0 aliphatic carbocycles. The van der Waals surface area contributed by atoms with Crippen LogP contribution in [-0.2, 0) is 13.1 Å². The van der Waals surface area contributed by atoms with E-state index in [4.69, 9.17) is 0 Å². The molecule has 2 aromatic heterocycles. The number of fused-ring (bicyclic) bond motifs is 3. The van der Waals surface area contributed by atoms with E-state index in [9.17, 15) is 9.59 Å². The molecule has 0 aliphatic heterocycles. The lowest BCUT2D eigenvalue weighted by Crippen LogP contribution is -2.05. The molecule has 5 heteroatoms. The summed E-state index contributed by atoms with van der Waals surface area (Å²) < 4.78 is 4.27. The number of hydrogen-bond donors (Lipinski definition) is 0. The van der Waals surface area contributed by atoms with Gasteiger partial charge in [-0.2, -0.15) is 0 Å². The third-order valence-corrected chi connectivity index (χ3v) is 4.82. The Balaban J connectivity index is 1.92. The van der Waals surface area contributed by atoms with E-state index in [0.29, 0.717) is 11.1 Å². The van der Waals surface area contributed by atoms with Gasteiger partial charge in [0.1, 0.15) is 0 Å². The van der Waals surface area contributed by atoms with Gasteiger partial charge in [-0.3, -0.25) is 9.59 Å². The number of benzene rings is 2. The summed E-state index contributed by atoms with van der Waals surface area (Å²) in [6, 6.07) is 11.6. The molecule has 0 N–H and O–H groups in total. The highest BCUT2D eigenvalue weighted by atomic mass is 16.1. The summed E-state index contributed by atoms with van der Waals surface area (Å²) in [5, 5.41) is 2.00. The monoisotopic (exact) mass is 345 g/mol. The molecule has 130 valence electrons. The fraction of sp³-hybridized carbons (Fsp3) is 0.190. The second-order valence-corrected chi connectivity index (χ2v) is 6.53. The van der Waals surface area contributed by atoms with Gasteiger partial charge < -0.3 is 9.13 Å². The molecule has 0 amide bonds. The second-order valence-electron chi connectivity index (χ2n) is 6.53. The van der Waals surface area contributed by atoms with Crippen molar-refractivity contribution in [2.75, 3.05) is 0 Å². The van der Waals surface area contributed by atoms with E-state index in [1.807, 2.05) is 47.2 Å². The Morgan fingerprint density at radius 1 is 0.885 bits per heavy atom. The van der Waals surface area contributed by atoms with Crippen molar-refractivity contribution in [3.8, 4) is 0 Å². The van der Waals surface area contributed by atoms with Crippen molar-refractivity contribution in [1.29, 1.82) is 0 Å². The molecule has 4 rings (SSSR count). The summed E-state index contributed by atoms with van der Waals surface area (Å²) >= 11 is 0. The van der Waals surface area contributed by atoms with Gasteiger partial charge in [0.05, 0.1) is 6.33 Å². The third-order valence-electron chi connectivity index (χ3n) is 4.82. The number of Topliss-reactive ketones (excluding diaryl/α,β-unsaturated/α-hetero) is 2. The molecule has 0 bridgehead atoms. The zero-order valence-electron chi connectivity index (χ0n) is 14.8. The van der Waals surface area contributed by atoms with Crippen LogP contribution in [0, 0.1) is 0 Å². The van der Waals surface area contributed by atoms with Gasteiger partial charge in [-0.25, -0.2) is 4.98 Å². The van der Waals surface area contributed by atoms with Crippen LogP contribution in [0.2, 0.25) is 0 Å². The molecular formula is C21H19N3O2. The fourth-order valence-corrected chi connectivity index (χ4v) is 3.42. The molecule has 0 unspecified atom stereocenters. The van der Waals surface area contributed by atoms with Crippen LogP contribution in [0.3, 0.4) is 0 Å². The number of rotatable bonds is 5. The maximum atomic E-state index is 11.8. The zero-order valence-corrected chi connectivity index (χ0v) is 14.8. The van der Waals surface area contributed by atoms with Crippen LogP contribution in [0.5, 0.6) is 0 Å². The number of aryl methyl sites for hydroxylation is 2. The van der Waals surface area contributed by atoms with E-state index >= 15 is 0 Å². The first-order valence-electron chi connectivity index (χ1n) is 8.58. The first kappa shape index (κ1) is 16.3. The molecule has 0 saturated heterocycles. The number of imidazole rings is 1. The van der Waals surface area contributed by atoms with Crippen LogP contribution in [0.4, 0.5) is 0 Å². The molecule has 26 heavy (non-hydrogen) atoms. The summed E-state index contributed by atoms with van der Waals surface area (Å²) in [6.45, 7) is 4.71. The standard InChI is InChI=1S/C21H19N3O2/c1-14(25)16-3-5-20-18(11-16)19-12-17(15(2)26)4-6-21(19)24(20)10-9-23-8-7-22-13-23/h3-8,11-13H,9-10H2,1-2H3. The molecule has 0 spiro atoms. The van der Waals surface area contributed by atoms with Crippen molar-refractivity contribution < 1.29 is 9.59 Å². The van der Waals surface area contributed by atoms with Gasteiger partial charge in [-0.1, -0.05) is 0 Å². The van der Waals surface area contributed by atoms with Gasteiger partial charge in [0.25, 0.3) is 0 Å². The predicted octanol–water partition coefficient (Wildman–Crippen LogP) is 4.10. The molecule has 0 aliphatic rings. The van der Waals surface area contributed by atoms with Crippen LogP contribution in [0.25, 0.3) is 21.8 Å². The Kier molecular flexibility index (Phi) is 3.92. The first-order chi connectivity index (χ1) is 12.5. The van der Waals surface area contributed by atoms with Crippen LogP contribution >= 0.6 is 0 Å². The summed E-state index contributed by atoms with van der Waals surface area (Å²) in [5.74, 6) is 0.0721. The number of carbonyl (C=O) groups is 2. The fourth-order valence-electron chi connectivity index (χ4n) is 3.42.